The maximum absolute atomic E-state index is 13.9. The summed E-state index contributed by atoms with van der Waals surface area (Å²) in [6, 6.07) is 10.1. The number of alkyl halides is 3. The van der Waals surface area contributed by atoms with Crippen LogP contribution in [0.2, 0.25) is 0 Å². The standard InChI is InChI=1S/C27H29F3N4O/c1-17-6-8-22(20-11-18(2)13-31-14-20)23(12-17)26(35)34-10-4-5-19(3)24(34)16-33-25-9-7-21(15-32-25)27(28,29)30/h6-9,11-15,19,24H,4-5,10,16H2,1-3H3,(H,32,33)/t19?,24-/m1/s1. The molecule has 1 saturated heterocycles. The number of amides is 1. The highest BCUT2D eigenvalue weighted by molar-refractivity contribution is 6.01. The molecule has 2 atom stereocenters. The van der Waals surface area contributed by atoms with E-state index in [0.717, 1.165) is 47.4 Å². The Morgan fingerprint density at radius 2 is 1.89 bits per heavy atom. The van der Waals surface area contributed by atoms with Crippen LogP contribution >= 0.6 is 0 Å². The Hall–Kier alpha value is -3.42. The van der Waals surface area contributed by atoms with E-state index in [2.05, 4.69) is 22.2 Å². The lowest BCUT2D eigenvalue weighted by atomic mass is 9.89. The van der Waals surface area contributed by atoms with Crippen molar-refractivity contribution in [2.45, 2.75) is 45.8 Å². The smallest absolute Gasteiger partial charge is 0.368 e. The van der Waals surface area contributed by atoms with Crippen molar-refractivity contribution in [3.63, 3.8) is 0 Å². The van der Waals surface area contributed by atoms with E-state index in [9.17, 15) is 18.0 Å². The van der Waals surface area contributed by atoms with E-state index in [1.165, 1.54) is 6.07 Å². The first-order valence-electron chi connectivity index (χ1n) is 11.7. The lowest BCUT2D eigenvalue weighted by Crippen LogP contribution is -2.51. The fraction of sp³-hybridized carbons (Fsp3) is 0.370. The molecule has 0 bridgehead atoms. The van der Waals surface area contributed by atoms with E-state index in [-0.39, 0.29) is 17.9 Å². The van der Waals surface area contributed by atoms with Crippen LogP contribution in [0.25, 0.3) is 11.1 Å². The van der Waals surface area contributed by atoms with Crippen molar-refractivity contribution in [3.8, 4) is 11.1 Å². The van der Waals surface area contributed by atoms with E-state index in [0.29, 0.717) is 24.5 Å². The van der Waals surface area contributed by atoms with Gasteiger partial charge in [0.05, 0.1) is 11.6 Å². The first-order chi connectivity index (χ1) is 16.6. The number of benzene rings is 1. The number of carbonyl (C=O) groups excluding carboxylic acids is 1. The molecule has 1 aromatic carbocycles. The molecule has 0 spiro atoms. The second-order valence-corrected chi connectivity index (χ2v) is 9.30. The average molecular weight is 483 g/mol. The number of nitrogens with zero attached hydrogens (tertiary/aromatic N) is 3. The molecule has 1 N–H and O–H groups in total. The van der Waals surface area contributed by atoms with Crippen LogP contribution in [0.15, 0.2) is 55.0 Å². The van der Waals surface area contributed by atoms with E-state index in [1.807, 2.05) is 43.0 Å². The summed E-state index contributed by atoms with van der Waals surface area (Å²) in [5.74, 6) is 0.526. The average Bonchev–Trinajstić information content (AvgIpc) is 2.82. The molecule has 0 aliphatic carbocycles. The first-order valence-corrected chi connectivity index (χ1v) is 11.7. The summed E-state index contributed by atoms with van der Waals surface area (Å²) in [6.45, 7) is 7.06. The molecule has 1 fully saturated rings. The third-order valence-corrected chi connectivity index (χ3v) is 6.55. The number of carbonyl (C=O) groups is 1. The minimum Gasteiger partial charge on any atom is -0.368 e. The fourth-order valence-electron chi connectivity index (χ4n) is 4.63. The van der Waals surface area contributed by atoms with Gasteiger partial charge in [0.15, 0.2) is 0 Å². The summed E-state index contributed by atoms with van der Waals surface area (Å²) in [5, 5.41) is 3.14. The molecule has 3 aromatic rings. The summed E-state index contributed by atoms with van der Waals surface area (Å²) in [5.41, 5.74) is 3.58. The Morgan fingerprint density at radius 1 is 1.09 bits per heavy atom. The second-order valence-electron chi connectivity index (χ2n) is 9.30. The van der Waals surface area contributed by atoms with E-state index in [4.69, 9.17) is 0 Å². The highest BCUT2D eigenvalue weighted by Crippen LogP contribution is 2.31. The molecule has 5 nitrogen and oxygen atoms in total. The van der Waals surface area contributed by atoms with Crippen LogP contribution in [-0.4, -0.2) is 39.9 Å². The van der Waals surface area contributed by atoms with Crippen molar-refractivity contribution in [1.82, 2.24) is 14.9 Å². The van der Waals surface area contributed by atoms with Crippen molar-refractivity contribution < 1.29 is 18.0 Å². The third kappa shape index (κ3) is 5.63. The minimum atomic E-state index is -4.43. The van der Waals surface area contributed by atoms with Gasteiger partial charge in [-0.25, -0.2) is 4.98 Å². The summed E-state index contributed by atoms with van der Waals surface area (Å²) in [6.07, 6.45) is 1.81. The molecule has 0 radical (unpaired) electrons. The molecule has 1 aliphatic rings. The van der Waals surface area contributed by atoms with Gasteiger partial charge in [0.2, 0.25) is 0 Å². The van der Waals surface area contributed by atoms with Gasteiger partial charge in [-0.05, 0) is 68.0 Å². The Morgan fingerprint density at radius 3 is 2.57 bits per heavy atom. The predicted octanol–water partition coefficient (Wildman–Crippen LogP) is 6.13. The summed E-state index contributed by atoms with van der Waals surface area (Å²) < 4.78 is 38.5. The normalized spacial score (nSPS) is 18.4. The Labute approximate surface area is 203 Å². The first kappa shape index (κ1) is 24.7. The zero-order valence-corrected chi connectivity index (χ0v) is 20.1. The van der Waals surface area contributed by atoms with Crippen molar-refractivity contribution in [2.75, 3.05) is 18.4 Å². The van der Waals surface area contributed by atoms with Gasteiger partial charge in [-0.15, -0.1) is 0 Å². The van der Waals surface area contributed by atoms with Crippen molar-refractivity contribution in [2.24, 2.45) is 5.92 Å². The molecule has 2 aromatic heterocycles. The molecule has 4 rings (SSSR count). The highest BCUT2D eigenvalue weighted by Gasteiger charge is 2.34. The third-order valence-electron chi connectivity index (χ3n) is 6.55. The summed E-state index contributed by atoms with van der Waals surface area (Å²) >= 11 is 0. The number of hydrogen-bond donors (Lipinski definition) is 1. The van der Waals surface area contributed by atoms with Crippen LogP contribution in [-0.2, 0) is 6.18 Å². The number of nitrogens with one attached hydrogen (secondary N) is 1. The zero-order valence-electron chi connectivity index (χ0n) is 20.1. The van der Waals surface area contributed by atoms with Crippen LogP contribution in [0.3, 0.4) is 0 Å². The number of anilines is 1. The predicted molar refractivity (Wildman–Crippen MR) is 130 cm³/mol. The Bertz CT molecular complexity index is 1190. The maximum Gasteiger partial charge on any atom is 0.417 e. The molecule has 0 saturated carbocycles. The number of pyridine rings is 2. The van der Waals surface area contributed by atoms with Gasteiger partial charge in [0, 0.05) is 42.8 Å². The molecular formula is C27H29F3N4O. The monoisotopic (exact) mass is 482 g/mol. The zero-order chi connectivity index (χ0) is 25.2. The number of aryl methyl sites for hydroxylation is 2. The van der Waals surface area contributed by atoms with Crippen LogP contribution < -0.4 is 5.32 Å². The number of hydrogen-bond acceptors (Lipinski definition) is 4. The minimum absolute atomic E-state index is 0.0519. The largest absolute Gasteiger partial charge is 0.417 e. The summed E-state index contributed by atoms with van der Waals surface area (Å²) in [4.78, 5) is 24.0. The number of halogens is 3. The number of aromatic nitrogens is 2. The van der Waals surface area contributed by atoms with E-state index < -0.39 is 11.7 Å². The van der Waals surface area contributed by atoms with Gasteiger partial charge in [-0.1, -0.05) is 24.6 Å². The molecule has 1 amide bonds. The topological polar surface area (TPSA) is 58.1 Å². The van der Waals surface area contributed by atoms with Crippen molar-refractivity contribution in [3.05, 3.63) is 77.2 Å². The molecule has 184 valence electrons. The number of rotatable bonds is 5. The second kappa shape index (κ2) is 10.1. The lowest BCUT2D eigenvalue weighted by Gasteiger charge is -2.40. The lowest BCUT2D eigenvalue weighted by molar-refractivity contribution is -0.137. The molecule has 8 heteroatoms. The highest BCUT2D eigenvalue weighted by atomic mass is 19.4. The van der Waals surface area contributed by atoms with Crippen molar-refractivity contribution in [1.29, 1.82) is 0 Å². The van der Waals surface area contributed by atoms with E-state index in [1.54, 1.807) is 12.4 Å². The van der Waals surface area contributed by atoms with Gasteiger partial charge in [-0.3, -0.25) is 9.78 Å². The Kier molecular flexibility index (Phi) is 7.10. The quantitative estimate of drug-likeness (QED) is 0.475. The van der Waals surface area contributed by atoms with Crippen LogP contribution in [0, 0.1) is 19.8 Å². The molecule has 35 heavy (non-hydrogen) atoms. The molecular weight excluding hydrogens is 453 g/mol. The van der Waals surface area contributed by atoms with Crippen molar-refractivity contribution >= 4 is 11.7 Å². The molecule has 3 heterocycles. The van der Waals surface area contributed by atoms with Crippen LogP contribution in [0.5, 0.6) is 0 Å². The number of piperidine rings is 1. The molecule has 1 aliphatic heterocycles. The van der Waals surface area contributed by atoms with Crippen LogP contribution in [0.4, 0.5) is 19.0 Å². The van der Waals surface area contributed by atoms with E-state index >= 15 is 0 Å². The van der Waals surface area contributed by atoms with Gasteiger partial charge in [0.25, 0.3) is 5.91 Å². The van der Waals surface area contributed by atoms with Gasteiger partial charge in [-0.2, -0.15) is 13.2 Å². The van der Waals surface area contributed by atoms with Crippen LogP contribution in [0.1, 0.15) is 46.8 Å². The summed E-state index contributed by atoms with van der Waals surface area (Å²) in [7, 11) is 0. The fourth-order valence-corrected chi connectivity index (χ4v) is 4.63. The maximum atomic E-state index is 13.9. The van der Waals surface area contributed by atoms with Gasteiger partial charge >= 0.3 is 6.18 Å². The van der Waals surface area contributed by atoms with Gasteiger partial charge in [0.1, 0.15) is 5.82 Å². The van der Waals surface area contributed by atoms with Gasteiger partial charge < -0.3 is 10.2 Å². The molecule has 1 unspecified atom stereocenters. The SMILES string of the molecule is Cc1cncc(-c2ccc(C)cc2C(=O)N2CCCC(C)[C@H]2CNc2ccc(C(F)(F)F)cn2)c1. The number of likely N-dealkylation sites (tertiary alicyclic amines) is 1. The Balaban J connectivity index is 1.58.